The summed E-state index contributed by atoms with van der Waals surface area (Å²) in [6.45, 7) is 1.47. The summed E-state index contributed by atoms with van der Waals surface area (Å²) in [7, 11) is 0. The molecule has 2 aromatic carbocycles. The van der Waals surface area contributed by atoms with Gasteiger partial charge in [-0.25, -0.2) is 4.79 Å². The molecule has 0 saturated carbocycles. The smallest absolute Gasteiger partial charge is 0.316 e. The first kappa shape index (κ1) is 19.4. The van der Waals surface area contributed by atoms with Crippen LogP contribution in [0.15, 0.2) is 48.5 Å². The maximum Gasteiger partial charge on any atom is 0.316 e. The van der Waals surface area contributed by atoms with Gasteiger partial charge >= 0.3 is 6.03 Å². The van der Waals surface area contributed by atoms with Crippen LogP contribution in [0.4, 0.5) is 21.9 Å². The number of rotatable bonds is 6. The fraction of sp³-hybridized carbons (Fsp3) is 0.118. The van der Waals surface area contributed by atoms with Crippen molar-refractivity contribution in [1.29, 1.82) is 0 Å². The first-order valence-corrected chi connectivity index (χ1v) is 7.79. The normalized spacial score (nSPS) is 11.1. The maximum atomic E-state index is 12.2. The van der Waals surface area contributed by atoms with Gasteiger partial charge in [0.1, 0.15) is 6.04 Å². The van der Waals surface area contributed by atoms with E-state index in [0.29, 0.717) is 11.4 Å². The van der Waals surface area contributed by atoms with Crippen LogP contribution in [-0.2, 0) is 4.79 Å². The number of primary amides is 1. The van der Waals surface area contributed by atoms with Crippen molar-refractivity contribution in [3.8, 4) is 0 Å². The van der Waals surface area contributed by atoms with Gasteiger partial charge in [-0.05, 0) is 31.2 Å². The summed E-state index contributed by atoms with van der Waals surface area (Å²) < 4.78 is 0. The Morgan fingerprint density at radius 1 is 1.04 bits per heavy atom. The van der Waals surface area contributed by atoms with Gasteiger partial charge in [0.2, 0.25) is 5.91 Å². The lowest BCUT2D eigenvalue weighted by Gasteiger charge is -2.14. The Morgan fingerprint density at radius 3 is 2.30 bits per heavy atom. The van der Waals surface area contributed by atoms with Crippen LogP contribution in [0.5, 0.6) is 0 Å². The van der Waals surface area contributed by atoms with Crippen LogP contribution in [0.2, 0.25) is 0 Å². The standard InChI is InChI=1S/C17H17N5O5/c1-10(19-16(24)11-4-2-7-14(8-11)22(26)27)15(23)20-12-5-3-6-13(9-12)21-17(18)25/h2-10H,1H3,(H,19,24)(H,20,23)(H3,18,21,25). The van der Waals surface area contributed by atoms with E-state index < -0.39 is 28.8 Å². The van der Waals surface area contributed by atoms with E-state index in [1.807, 2.05) is 0 Å². The van der Waals surface area contributed by atoms with Crippen LogP contribution in [0.3, 0.4) is 0 Å². The number of benzene rings is 2. The number of hydrogen-bond acceptors (Lipinski definition) is 5. The highest BCUT2D eigenvalue weighted by Gasteiger charge is 2.18. The molecule has 0 heterocycles. The number of carbonyl (C=O) groups is 3. The Bertz CT molecular complexity index is 899. The number of nitro groups is 1. The van der Waals surface area contributed by atoms with Gasteiger partial charge in [0.25, 0.3) is 11.6 Å². The van der Waals surface area contributed by atoms with E-state index in [9.17, 15) is 24.5 Å². The van der Waals surface area contributed by atoms with E-state index in [2.05, 4.69) is 16.0 Å². The molecular weight excluding hydrogens is 354 g/mol. The SMILES string of the molecule is CC(NC(=O)c1cccc([N+](=O)[O-])c1)C(=O)Nc1cccc(NC(N)=O)c1. The molecule has 10 nitrogen and oxygen atoms in total. The number of hydrogen-bond donors (Lipinski definition) is 4. The Kier molecular flexibility index (Phi) is 6.05. The minimum Gasteiger partial charge on any atom is -0.351 e. The van der Waals surface area contributed by atoms with Gasteiger partial charge in [-0.3, -0.25) is 19.7 Å². The number of nitrogens with two attached hydrogens (primary N) is 1. The van der Waals surface area contributed by atoms with Crippen LogP contribution < -0.4 is 21.7 Å². The Morgan fingerprint density at radius 2 is 1.67 bits per heavy atom. The molecule has 0 fully saturated rings. The molecule has 2 aromatic rings. The average molecular weight is 371 g/mol. The quantitative estimate of drug-likeness (QED) is 0.450. The van der Waals surface area contributed by atoms with Gasteiger partial charge in [0.15, 0.2) is 0 Å². The first-order chi connectivity index (χ1) is 12.8. The largest absolute Gasteiger partial charge is 0.351 e. The zero-order valence-electron chi connectivity index (χ0n) is 14.3. The molecule has 0 aromatic heterocycles. The van der Waals surface area contributed by atoms with Gasteiger partial charge < -0.3 is 21.7 Å². The summed E-state index contributed by atoms with van der Waals surface area (Å²) in [6.07, 6.45) is 0. The van der Waals surface area contributed by atoms with Gasteiger partial charge in [0.05, 0.1) is 4.92 Å². The number of anilines is 2. The number of amides is 4. The number of urea groups is 1. The van der Waals surface area contributed by atoms with E-state index in [-0.39, 0.29) is 11.3 Å². The average Bonchev–Trinajstić information content (AvgIpc) is 2.61. The molecule has 0 aliphatic carbocycles. The van der Waals surface area contributed by atoms with E-state index in [1.165, 1.54) is 31.2 Å². The second-order valence-electron chi connectivity index (χ2n) is 5.56. The molecule has 0 spiro atoms. The summed E-state index contributed by atoms with van der Waals surface area (Å²) in [4.78, 5) is 45.5. The van der Waals surface area contributed by atoms with Gasteiger partial charge in [-0.2, -0.15) is 0 Å². The third-order valence-corrected chi connectivity index (χ3v) is 3.46. The Labute approximate surface area is 153 Å². The number of nitro benzene ring substituents is 1. The summed E-state index contributed by atoms with van der Waals surface area (Å²) in [5, 5.41) is 18.2. The molecule has 0 saturated heterocycles. The van der Waals surface area contributed by atoms with Gasteiger partial charge in [-0.1, -0.05) is 12.1 Å². The summed E-state index contributed by atoms with van der Waals surface area (Å²) in [5.41, 5.74) is 5.67. The van der Waals surface area contributed by atoms with E-state index in [0.717, 1.165) is 6.07 Å². The van der Waals surface area contributed by atoms with Crippen LogP contribution in [0.1, 0.15) is 17.3 Å². The van der Waals surface area contributed by atoms with Crippen LogP contribution >= 0.6 is 0 Å². The lowest BCUT2D eigenvalue weighted by atomic mass is 10.1. The van der Waals surface area contributed by atoms with E-state index >= 15 is 0 Å². The lowest BCUT2D eigenvalue weighted by Crippen LogP contribution is -2.41. The zero-order valence-corrected chi connectivity index (χ0v) is 14.3. The number of carbonyl (C=O) groups excluding carboxylic acids is 3. The summed E-state index contributed by atoms with van der Waals surface area (Å²) >= 11 is 0. The molecule has 1 unspecified atom stereocenters. The number of nitrogens with one attached hydrogen (secondary N) is 3. The lowest BCUT2D eigenvalue weighted by molar-refractivity contribution is -0.384. The van der Waals surface area contributed by atoms with Crippen molar-refractivity contribution in [3.63, 3.8) is 0 Å². The monoisotopic (exact) mass is 371 g/mol. The Balaban J connectivity index is 2.01. The first-order valence-electron chi connectivity index (χ1n) is 7.79. The molecule has 4 amide bonds. The summed E-state index contributed by atoms with van der Waals surface area (Å²) in [5.74, 6) is -1.13. The highest BCUT2D eigenvalue weighted by atomic mass is 16.6. The molecule has 10 heteroatoms. The highest BCUT2D eigenvalue weighted by molar-refractivity contribution is 6.01. The third-order valence-electron chi connectivity index (χ3n) is 3.46. The second-order valence-corrected chi connectivity index (χ2v) is 5.56. The van der Waals surface area contributed by atoms with Crippen molar-refractivity contribution in [1.82, 2.24) is 5.32 Å². The topological polar surface area (TPSA) is 156 Å². The fourth-order valence-electron chi connectivity index (χ4n) is 2.17. The molecule has 0 bridgehead atoms. The maximum absolute atomic E-state index is 12.2. The molecule has 1 atom stereocenters. The molecule has 2 rings (SSSR count). The van der Waals surface area contributed by atoms with Crippen molar-refractivity contribution in [2.45, 2.75) is 13.0 Å². The van der Waals surface area contributed by atoms with Crippen molar-refractivity contribution in [3.05, 3.63) is 64.2 Å². The molecule has 27 heavy (non-hydrogen) atoms. The summed E-state index contributed by atoms with van der Waals surface area (Å²) in [6, 6.07) is 9.82. The fourth-order valence-corrected chi connectivity index (χ4v) is 2.17. The zero-order chi connectivity index (χ0) is 20.0. The van der Waals surface area contributed by atoms with Crippen LogP contribution in [0, 0.1) is 10.1 Å². The second kappa shape index (κ2) is 8.43. The number of non-ortho nitro benzene ring substituents is 1. The highest BCUT2D eigenvalue weighted by Crippen LogP contribution is 2.16. The minimum absolute atomic E-state index is 0.0662. The van der Waals surface area contributed by atoms with Gasteiger partial charge in [-0.15, -0.1) is 0 Å². The van der Waals surface area contributed by atoms with E-state index in [1.54, 1.807) is 18.2 Å². The third kappa shape index (κ3) is 5.53. The van der Waals surface area contributed by atoms with Crippen LogP contribution in [-0.4, -0.2) is 28.8 Å². The number of nitrogens with zero attached hydrogens (tertiary/aromatic N) is 1. The molecular formula is C17H17N5O5. The predicted octanol–water partition coefficient (Wildman–Crippen LogP) is 1.84. The van der Waals surface area contributed by atoms with Crippen molar-refractivity contribution in [2.75, 3.05) is 10.6 Å². The molecule has 5 N–H and O–H groups in total. The molecule has 0 aliphatic rings. The van der Waals surface area contributed by atoms with Crippen LogP contribution in [0.25, 0.3) is 0 Å². The van der Waals surface area contributed by atoms with Gasteiger partial charge in [0, 0.05) is 29.1 Å². The van der Waals surface area contributed by atoms with Crippen molar-refractivity contribution in [2.24, 2.45) is 5.73 Å². The van der Waals surface area contributed by atoms with Crippen molar-refractivity contribution < 1.29 is 19.3 Å². The molecule has 0 radical (unpaired) electrons. The van der Waals surface area contributed by atoms with Crippen molar-refractivity contribution >= 4 is 34.9 Å². The predicted molar refractivity (Wildman–Crippen MR) is 98.3 cm³/mol. The minimum atomic E-state index is -0.912. The van der Waals surface area contributed by atoms with E-state index in [4.69, 9.17) is 5.73 Å². The molecule has 140 valence electrons. The Hall–Kier alpha value is -3.95. The molecule has 0 aliphatic heterocycles.